The van der Waals surface area contributed by atoms with Crippen molar-refractivity contribution in [3.8, 4) is 11.5 Å². The van der Waals surface area contributed by atoms with Gasteiger partial charge >= 0.3 is 5.97 Å². The van der Waals surface area contributed by atoms with Gasteiger partial charge in [-0.25, -0.2) is 4.98 Å². The van der Waals surface area contributed by atoms with Gasteiger partial charge in [0, 0.05) is 13.0 Å². The fourth-order valence-corrected chi connectivity index (χ4v) is 0.895. The second kappa shape index (κ2) is 4.36. The number of methoxy groups -OCH3 is 1. The van der Waals surface area contributed by atoms with Crippen molar-refractivity contribution in [3.63, 3.8) is 0 Å². The van der Waals surface area contributed by atoms with Gasteiger partial charge in [0.05, 0.1) is 13.3 Å². The summed E-state index contributed by atoms with van der Waals surface area (Å²) in [5.74, 6) is 0.0341. The van der Waals surface area contributed by atoms with Crippen molar-refractivity contribution in [1.82, 2.24) is 4.98 Å². The third-order valence-electron chi connectivity index (χ3n) is 1.45. The van der Waals surface area contributed by atoms with Crippen LogP contribution in [0, 0.1) is 0 Å². The van der Waals surface area contributed by atoms with Crippen molar-refractivity contribution >= 4 is 12.3 Å². The Kier molecular flexibility index (Phi) is 3.17. The molecule has 14 heavy (non-hydrogen) atoms. The molecular weight excluding hydrogens is 186 g/mol. The topological polar surface area (TPSA) is 65.5 Å². The van der Waals surface area contributed by atoms with E-state index in [9.17, 15) is 9.59 Å². The standard InChI is InChI=1S/C9H9NO4/c1-6(12)14-9-4-10-7(5-11)3-8(9)13-2/h3-5H,1-2H3. The highest BCUT2D eigenvalue weighted by Gasteiger charge is 2.08. The number of nitrogens with zero attached hydrogens (tertiary/aromatic N) is 1. The van der Waals surface area contributed by atoms with Crippen molar-refractivity contribution in [3.05, 3.63) is 18.0 Å². The molecule has 0 atom stereocenters. The number of esters is 1. The predicted octanol–water partition coefficient (Wildman–Crippen LogP) is 0.828. The molecule has 0 bridgehead atoms. The summed E-state index contributed by atoms with van der Waals surface area (Å²) < 4.78 is 9.71. The van der Waals surface area contributed by atoms with Gasteiger partial charge in [-0.3, -0.25) is 9.59 Å². The lowest BCUT2D eigenvalue weighted by Gasteiger charge is -2.06. The van der Waals surface area contributed by atoms with Gasteiger partial charge < -0.3 is 9.47 Å². The Morgan fingerprint density at radius 2 is 2.21 bits per heavy atom. The number of rotatable bonds is 3. The van der Waals surface area contributed by atoms with Crippen molar-refractivity contribution in [1.29, 1.82) is 0 Å². The zero-order valence-electron chi connectivity index (χ0n) is 7.81. The molecule has 74 valence electrons. The van der Waals surface area contributed by atoms with E-state index < -0.39 is 5.97 Å². The van der Waals surface area contributed by atoms with Crippen LogP contribution < -0.4 is 9.47 Å². The van der Waals surface area contributed by atoms with Gasteiger partial charge in [-0.05, 0) is 0 Å². The van der Waals surface area contributed by atoms with Gasteiger partial charge in [0.15, 0.2) is 17.8 Å². The molecule has 1 rings (SSSR count). The van der Waals surface area contributed by atoms with Crippen LogP contribution in [-0.2, 0) is 4.79 Å². The molecule has 5 nitrogen and oxygen atoms in total. The number of pyridine rings is 1. The normalized spacial score (nSPS) is 9.29. The van der Waals surface area contributed by atoms with Gasteiger partial charge in [0.2, 0.25) is 0 Å². The zero-order chi connectivity index (χ0) is 10.6. The predicted molar refractivity (Wildman–Crippen MR) is 47.5 cm³/mol. The van der Waals surface area contributed by atoms with E-state index in [1.807, 2.05) is 0 Å². The minimum atomic E-state index is -0.469. The molecule has 0 N–H and O–H groups in total. The van der Waals surface area contributed by atoms with Crippen molar-refractivity contribution in [2.24, 2.45) is 0 Å². The zero-order valence-corrected chi connectivity index (χ0v) is 7.81. The van der Waals surface area contributed by atoms with Crippen LogP contribution in [0.1, 0.15) is 17.4 Å². The van der Waals surface area contributed by atoms with Crippen LogP contribution >= 0.6 is 0 Å². The van der Waals surface area contributed by atoms with E-state index in [2.05, 4.69) is 4.98 Å². The van der Waals surface area contributed by atoms with Crippen LogP contribution in [0.15, 0.2) is 12.3 Å². The maximum atomic E-state index is 10.7. The molecule has 0 radical (unpaired) electrons. The summed E-state index contributed by atoms with van der Waals surface area (Å²) in [7, 11) is 1.41. The Morgan fingerprint density at radius 3 is 2.71 bits per heavy atom. The van der Waals surface area contributed by atoms with Gasteiger partial charge in [-0.2, -0.15) is 0 Å². The molecule has 0 spiro atoms. The first-order chi connectivity index (χ1) is 6.67. The van der Waals surface area contributed by atoms with Gasteiger partial charge in [-0.15, -0.1) is 0 Å². The minimum Gasteiger partial charge on any atom is -0.493 e. The first kappa shape index (κ1) is 10.2. The third kappa shape index (κ3) is 2.29. The molecule has 1 heterocycles. The van der Waals surface area contributed by atoms with E-state index >= 15 is 0 Å². The largest absolute Gasteiger partial charge is 0.493 e. The Morgan fingerprint density at radius 1 is 1.50 bits per heavy atom. The molecule has 1 aromatic heterocycles. The molecule has 0 amide bonds. The van der Waals surface area contributed by atoms with Gasteiger partial charge in [0.25, 0.3) is 0 Å². The number of carbonyl (C=O) groups is 2. The van der Waals surface area contributed by atoms with E-state index in [4.69, 9.17) is 9.47 Å². The Hall–Kier alpha value is -1.91. The van der Waals surface area contributed by atoms with Gasteiger partial charge in [-0.1, -0.05) is 0 Å². The number of carbonyl (C=O) groups excluding carboxylic acids is 2. The summed E-state index contributed by atoms with van der Waals surface area (Å²) in [6, 6.07) is 1.39. The number of hydrogen-bond donors (Lipinski definition) is 0. The molecule has 0 saturated heterocycles. The maximum absolute atomic E-state index is 10.7. The molecule has 0 aliphatic carbocycles. The fraction of sp³-hybridized carbons (Fsp3) is 0.222. The number of aromatic nitrogens is 1. The summed E-state index contributed by atoms with van der Waals surface area (Å²) in [6.45, 7) is 1.27. The lowest BCUT2D eigenvalue weighted by molar-refractivity contribution is -0.132. The van der Waals surface area contributed by atoms with Gasteiger partial charge in [0.1, 0.15) is 5.69 Å². The van der Waals surface area contributed by atoms with Crippen LogP contribution in [0.2, 0.25) is 0 Å². The molecular formula is C9H9NO4. The summed E-state index contributed by atoms with van der Waals surface area (Å²) >= 11 is 0. The number of hydrogen-bond acceptors (Lipinski definition) is 5. The van der Waals surface area contributed by atoms with Crippen molar-refractivity contribution in [2.45, 2.75) is 6.92 Å². The lowest BCUT2D eigenvalue weighted by Crippen LogP contribution is -2.04. The second-order valence-corrected chi connectivity index (χ2v) is 2.47. The monoisotopic (exact) mass is 195 g/mol. The van der Waals surface area contributed by atoms with Crippen LogP contribution in [0.3, 0.4) is 0 Å². The Labute approximate surface area is 80.7 Å². The molecule has 1 aromatic rings. The van der Waals surface area contributed by atoms with E-state index in [1.165, 1.54) is 26.3 Å². The van der Waals surface area contributed by atoms with Crippen molar-refractivity contribution < 1.29 is 19.1 Å². The quantitative estimate of drug-likeness (QED) is 0.528. The minimum absolute atomic E-state index is 0.200. The highest BCUT2D eigenvalue weighted by atomic mass is 16.6. The SMILES string of the molecule is COc1cc(C=O)ncc1OC(C)=O. The first-order valence-electron chi connectivity index (χ1n) is 3.85. The van der Waals surface area contributed by atoms with Crippen LogP contribution in [0.4, 0.5) is 0 Å². The first-order valence-corrected chi connectivity index (χ1v) is 3.85. The van der Waals surface area contributed by atoms with E-state index in [0.29, 0.717) is 12.0 Å². The van der Waals surface area contributed by atoms with Crippen LogP contribution in [-0.4, -0.2) is 24.3 Å². The molecule has 0 aliphatic rings. The smallest absolute Gasteiger partial charge is 0.308 e. The summed E-state index contributed by atoms with van der Waals surface area (Å²) in [5.41, 5.74) is 0.220. The molecule has 0 saturated carbocycles. The lowest BCUT2D eigenvalue weighted by atomic mass is 10.3. The van der Waals surface area contributed by atoms with Crippen molar-refractivity contribution in [2.75, 3.05) is 7.11 Å². The highest BCUT2D eigenvalue weighted by molar-refractivity contribution is 5.74. The average Bonchev–Trinajstić information content (AvgIpc) is 2.17. The molecule has 0 aliphatic heterocycles. The van der Waals surface area contributed by atoms with E-state index in [0.717, 1.165) is 0 Å². The highest BCUT2D eigenvalue weighted by Crippen LogP contribution is 2.25. The van der Waals surface area contributed by atoms with E-state index in [1.54, 1.807) is 0 Å². The van der Waals surface area contributed by atoms with Crippen LogP contribution in [0.5, 0.6) is 11.5 Å². The average molecular weight is 195 g/mol. The number of ether oxygens (including phenoxy) is 2. The number of aldehydes is 1. The van der Waals surface area contributed by atoms with E-state index in [-0.39, 0.29) is 11.4 Å². The molecule has 0 unspecified atom stereocenters. The van der Waals surface area contributed by atoms with Crippen LogP contribution in [0.25, 0.3) is 0 Å². The second-order valence-electron chi connectivity index (χ2n) is 2.47. The summed E-state index contributed by atoms with van der Waals surface area (Å²) in [5, 5.41) is 0. The molecule has 0 aromatic carbocycles. The molecule has 0 fully saturated rings. The molecule has 5 heteroatoms. The maximum Gasteiger partial charge on any atom is 0.308 e. The Balaban J connectivity index is 3.04. The summed E-state index contributed by atoms with van der Waals surface area (Å²) in [6.07, 6.45) is 1.85. The fourth-order valence-electron chi connectivity index (χ4n) is 0.895. The third-order valence-corrected chi connectivity index (χ3v) is 1.45. The summed E-state index contributed by atoms with van der Waals surface area (Å²) in [4.78, 5) is 24.8. The Bertz CT molecular complexity index is 362.